The van der Waals surface area contributed by atoms with E-state index < -0.39 is 0 Å². The van der Waals surface area contributed by atoms with Gasteiger partial charge in [-0.3, -0.25) is 4.79 Å². The number of hydrogen-bond acceptors (Lipinski definition) is 5. The molecular weight excluding hydrogens is 353 g/mol. The SMILES string of the molecule is CCc1nc(N)sc1C(=O)N1CCCCC1c1nc2ccc(F)cc2[nH]1. The maximum Gasteiger partial charge on any atom is 0.266 e. The molecule has 0 aliphatic carbocycles. The van der Waals surface area contributed by atoms with Gasteiger partial charge in [0.25, 0.3) is 5.91 Å². The summed E-state index contributed by atoms with van der Waals surface area (Å²) in [5.74, 6) is 0.346. The Morgan fingerprint density at radius 2 is 2.27 bits per heavy atom. The smallest absolute Gasteiger partial charge is 0.266 e. The predicted molar refractivity (Wildman–Crippen MR) is 99.6 cm³/mol. The molecule has 1 amide bonds. The molecule has 2 aromatic heterocycles. The lowest BCUT2D eigenvalue weighted by Gasteiger charge is -2.34. The van der Waals surface area contributed by atoms with Gasteiger partial charge in [0.1, 0.15) is 16.5 Å². The Morgan fingerprint density at radius 3 is 3.08 bits per heavy atom. The minimum absolute atomic E-state index is 0.0487. The molecule has 0 bridgehead atoms. The molecular formula is C18H20FN5OS. The van der Waals surface area contributed by atoms with Gasteiger partial charge in [-0.05, 0) is 43.9 Å². The van der Waals surface area contributed by atoms with Crippen LogP contribution in [0.3, 0.4) is 0 Å². The fourth-order valence-corrected chi connectivity index (χ4v) is 4.40. The second-order valence-corrected chi connectivity index (χ2v) is 7.51. The minimum Gasteiger partial charge on any atom is -0.375 e. The zero-order chi connectivity index (χ0) is 18.3. The molecule has 3 N–H and O–H groups in total. The first-order valence-corrected chi connectivity index (χ1v) is 9.59. The van der Waals surface area contributed by atoms with E-state index in [9.17, 15) is 9.18 Å². The van der Waals surface area contributed by atoms with E-state index >= 15 is 0 Å². The van der Waals surface area contributed by atoms with E-state index in [1.807, 2.05) is 11.8 Å². The van der Waals surface area contributed by atoms with Crippen molar-refractivity contribution in [2.45, 2.75) is 38.6 Å². The lowest BCUT2D eigenvalue weighted by atomic mass is 10.0. The highest BCUT2D eigenvalue weighted by Crippen LogP contribution is 2.34. The molecule has 1 unspecified atom stereocenters. The van der Waals surface area contributed by atoms with Crippen molar-refractivity contribution in [1.82, 2.24) is 19.9 Å². The van der Waals surface area contributed by atoms with Crippen LogP contribution < -0.4 is 5.73 Å². The summed E-state index contributed by atoms with van der Waals surface area (Å²) >= 11 is 1.24. The highest BCUT2D eigenvalue weighted by molar-refractivity contribution is 7.17. The summed E-state index contributed by atoms with van der Waals surface area (Å²) in [6.45, 7) is 2.63. The average Bonchev–Trinajstić information content (AvgIpc) is 3.23. The van der Waals surface area contributed by atoms with Crippen LogP contribution in [0.25, 0.3) is 11.0 Å². The normalized spacial score (nSPS) is 17.8. The molecule has 1 aliphatic heterocycles. The number of nitrogen functional groups attached to an aromatic ring is 1. The highest BCUT2D eigenvalue weighted by Gasteiger charge is 2.33. The maximum atomic E-state index is 13.5. The number of anilines is 1. The largest absolute Gasteiger partial charge is 0.375 e. The van der Waals surface area contributed by atoms with Gasteiger partial charge in [-0.1, -0.05) is 18.3 Å². The number of aromatic nitrogens is 3. The molecule has 0 radical (unpaired) electrons. The maximum absolute atomic E-state index is 13.5. The average molecular weight is 373 g/mol. The van der Waals surface area contributed by atoms with Crippen molar-refractivity contribution in [3.63, 3.8) is 0 Å². The first-order chi connectivity index (χ1) is 12.6. The lowest BCUT2D eigenvalue weighted by molar-refractivity contribution is 0.0605. The standard InChI is InChI=1S/C18H20FN5OS/c1-2-11-15(26-18(20)23-11)17(25)24-8-4-3-5-14(24)16-21-12-7-6-10(19)9-13(12)22-16/h6-7,9,14H,2-5,8H2,1H3,(H2,20,23)(H,21,22). The number of H-pyrrole nitrogens is 1. The summed E-state index contributed by atoms with van der Waals surface area (Å²) in [6.07, 6.45) is 3.46. The van der Waals surface area contributed by atoms with Gasteiger partial charge >= 0.3 is 0 Å². The van der Waals surface area contributed by atoms with E-state index in [-0.39, 0.29) is 17.8 Å². The van der Waals surface area contributed by atoms with Crippen molar-refractivity contribution < 1.29 is 9.18 Å². The summed E-state index contributed by atoms with van der Waals surface area (Å²) in [4.78, 5) is 27.7. The fourth-order valence-electron chi connectivity index (χ4n) is 3.53. The molecule has 8 heteroatoms. The molecule has 3 heterocycles. The Kier molecular flexibility index (Phi) is 4.36. The van der Waals surface area contributed by atoms with Crippen LogP contribution in [0.1, 0.15) is 53.4 Å². The van der Waals surface area contributed by atoms with Gasteiger partial charge in [-0.15, -0.1) is 0 Å². The zero-order valence-corrected chi connectivity index (χ0v) is 15.3. The van der Waals surface area contributed by atoms with Gasteiger partial charge < -0.3 is 15.6 Å². The number of aryl methyl sites for hydroxylation is 1. The third kappa shape index (κ3) is 2.94. The summed E-state index contributed by atoms with van der Waals surface area (Å²) in [7, 11) is 0. The molecule has 0 spiro atoms. The van der Waals surface area contributed by atoms with Crippen molar-refractivity contribution in [3.05, 3.63) is 40.4 Å². The van der Waals surface area contributed by atoms with Crippen LogP contribution in [-0.2, 0) is 6.42 Å². The number of rotatable bonds is 3. The van der Waals surface area contributed by atoms with Gasteiger partial charge in [-0.25, -0.2) is 14.4 Å². The predicted octanol–water partition coefficient (Wildman–Crippen LogP) is 3.67. The van der Waals surface area contributed by atoms with Gasteiger partial charge in [-0.2, -0.15) is 0 Å². The van der Waals surface area contributed by atoms with Crippen LogP contribution in [0, 0.1) is 5.82 Å². The number of benzene rings is 1. The molecule has 1 aliphatic rings. The van der Waals surface area contributed by atoms with Crippen molar-refractivity contribution in [2.24, 2.45) is 0 Å². The Labute approximate surface area is 154 Å². The van der Waals surface area contributed by atoms with Crippen LogP contribution in [-0.4, -0.2) is 32.3 Å². The van der Waals surface area contributed by atoms with E-state index in [0.29, 0.717) is 39.8 Å². The van der Waals surface area contributed by atoms with E-state index in [0.717, 1.165) is 25.0 Å². The molecule has 1 saturated heterocycles. The molecule has 6 nitrogen and oxygen atoms in total. The number of nitrogens with zero attached hydrogens (tertiary/aromatic N) is 3. The number of carbonyl (C=O) groups excluding carboxylic acids is 1. The first kappa shape index (κ1) is 17.0. The second kappa shape index (κ2) is 6.68. The number of thiazole rings is 1. The lowest BCUT2D eigenvalue weighted by Crippen LogP contribution is -2.39. The summed E-state index contributed by atoms with van der Waals surface area (Å²) in [5, 5.41) is 0.415. The summed E-state index contributed by atoms with van der Waals surface area (Å²) < 4.78 is 13.5. The quantitative estimate of drug-likeness (QED) is 0.733. The molecule has 1 aromatic carbocycles. The molecule has 26 heavy (non-hydrogen) atoms. The Morgan fingerprint density at radius 1 is 1.42 bits per heavy atom. The number of halogens is 1. The third-order valence-corrected chi connectivity index (χ3v) is 5.70. The number of imidazole rings is 1. The Balaban J connectivity index is 1.70. The van der Waals surface area contributed by atoms with Crippen LogP contribution >= 0.6 is 11.3 Å². The number of carbonyl (C=O) groups is 1. The van der Waals surface area contributed by atoms with Crippen molar-refractivity contribution in [1.29, 1.82) is 0 Å². The summed E-state index contributed by atoms with van der Waals surface area (Å²) in [6, 6.07) is 4.32. The third-order valence-electron chi connectivity index (χ3n) is 4.78. The number of aromatic amines is 1. The van der Waals surface area contributed by atoms with Crippen molar-refractivity contribution in [3.8, 4) is 0 Å². The number of nitrogens with two attached hydrogens (primary N) is 1. The Bertz CT molecular complexity index is 966. The van der Waals surface area contributed by atoms with E-state index in [4.69, 9.17) is 5.73 Å². The van der Waals surface area contributed by atoms with E-state index in [2.05, 4.69) is 15.0 Å². The molecule has 4 rings (SSSR count). The number of hydrogen-bond donors (Lipinski definition) is 2. The van der Waals surface area contributed by atoms with Gasteiger partial charge in [0.05, 0.1) is 22.8 Å². The van der Waals surface area contributed by atoms with Crippen molar-refractivity contribution in [2.75, 3.05) is 12.3 Å². The van der Waals surface area contributed by atoms with Crippen LogP contribution in [0.4, 0.5) is 9.52 Å². The second-order valence-electron chi connectivity index (χ2n) is 6.48. The van der Waals surface area contributed by atoms with Crippen LogP contribution in [0.2, 0.25) is 0 Å². The number of nitrogens with one attached hydrogen (secondary N) is 1. The van der Waals surface area contributed by atoms with Crippen LogP contribution in [0.15, 0.2) is 18.2 Å². The monoisotopic (exact) mass is 373 g/mol. The number of likely N-dealkylation sites (tertiary alicyclic amines) is 1. The minimum atomic E-state index is -0.308. The van der Waals surface area contributed by atoms with Crippen LogP contribution in [0.5, 0.6) is 0 Å². The summed E-state index contributed by atoms with van der Waals surface area (Å²) in [5.41, 5.74) is 7.91. The number of amides is 1. The first-order valence-electron chi connectivity index (χ1n) is 8.78. The Hall–Kier alpha value is -2.48. The number of fused-ring (bicyclic) bond motifs is 1. The van der Waals surface area contributed by atoms with E-state index in [1.165, 1.54) is 23.5 Å². The molecule has 0 saturated carbocycles. The highest BCUT2D eigenvalue weighted by atomic mass is 32.1. The molecule has 1 atom stereocenters. The molecule has 136 valence electrons. The van der Waals surface area contributed by atoms with Gasteiger partial charge in [0, 0.05) is 6.54 Å². The van der Waals surface area contributed by atoms with Crippen molar-refractivity contribution >= 4 is 33.4 Å². The van der Waals surface area contributed by atoms with Gasteiger partial charge in [0.15, 0.2) is 5.13 Å². The zero-order valence-electron chi connectivity index (χ0n) is 14.5. The van der Waals surface area contributed by atoms with Gasteiger partial charge in [0.2, 0.25) is 0 Å². The fraction of sp³-hybridized carbons (Fsp3) is 0.389. The molecule has 1 fully saturated rings. The molecule has 3 aromatic rings. The number of piperidine rings is 1. The topological polar surface area (TPSA) is 87.9 Å². The van der Waals surface area contributed by atoms with E-state index in [1.54, 1.807) is 6.07 Å².